The second-order valence-corrected chi connectivity index (χ2v) is 4.28. The largest absolute Gasteiger partial charge is 0.466 e. The van der Waals surface area contributed by atoms with E-state index in [-0.39, 0.29) is 24.8 Å². The van der Waals surface area contributed by atoms with Crippen LogP contribution in [-0.2, 0) is 16.0 Å². The second kappa shape index (κ2) is 6.15. The maximum atomic E-state index is 13.8. The molecule has 96 valence electrons. The summed E-state index contributed by atoms with van der Waals surface area (Å²) in [5, 5.41) is 9.03. The molecule has 1 aromatic rings. The molecule has 1 aromatic carbocycles. The van der Waals surface area contributed by atoms with Gasteiger partial charge in [0, 0.05) is 0 Å². The summed E-state index contributed by atoms with van der Waals surface area (Å²) in [6, 6.07) is 4.75. The molecule has 18 heavy (non-hydrogen) atoms. The van der Waals surface area contributed by atoms with E-state index in [0.29, 0.717) is 16.7 Å². The average Bonchev–Trinajstić information content (AvgIpc) is 2.29. The van der Waals surface area contributed by atoms with Crippen LogP contribution in [0.4, 0.5) is 4.39 Å². The Morgan fingerprint density at radius 1 is 1.50 bits per heavy atom. The van der Waals surface area contributed by atoms with Gasteiger partial charge in [-0.15, -0.1) is 0 Å². The number of rotatable bonds is 4. The number of esters is 1. The van der Waals surface area contributed by atoms with E-state index >= 15 is 0 Å². The Kier molecular flexibility index (Phi) is 4.85. The SMILES string of the molecule is CCOC(=O)Cc1cc(F)c(C(C)C)cc1C#N. The fourth-order valence-corrected chi connectivity index (χ4v) is 1.69. The molecule has 0 saturated heterocycles. The predicted molar refractivity (Wildman–Crippen MR) is 65.5 cm³/mol. The van der Waals surface area contributed by atoms with Crippen LogP contribution in [0.5, 0.6) is 0 Å². The highest BCUT2D eigenvalue weighted by Crippen LogP contribution is 2.23. The molecule has 0 N–H and O–H groups in total. The lowest BCUT2D eigenvalue weighted by atomic mass is 9.96. The van der Waals surface area contributed by atoms with Crippen molar-refractivity contribution in [2.24, 2.45) is 0 Å². The third-order valence-corrected chi connectivity index (χ3v) is 2.61. The normalized spacial score (nSPS) is 10.2. The molecule has 0 fully saturated rings. The molecule has 0 heterocycles. The minimum atomic E-state index is -0.453. The number of nitriles is 1. The number of ether oxygens (including phenoxy) is 1. The van der Waals surface area contributed by atoms with E-state index < -0.39 is 5.97 Å². The topological polar surface area (TPSA) is 50.1 Å². The third kappa shape index (κ3) is 3.30. The lowest BCUT2D eigenvalue weighted by Crippen LogP contribution is -2.10. The predicted octanol–water partition coefficient (Wildman–Crippen LogP) is 2.93. The first-order chi connectivity index (χ1) is 8.49. The van der Waals surface area contributed by atoms with Crippen LogP contribution in [-0.4, -0.2) is 12.6 Å². The van der Waals surface area contributed by atoms with Gasteiger partial charge in [0.25, 0.3) is 0 Å². The lowest BCUT2D eigenvalue weighted by molar-refractivity contribution is -0.142. The Labute approximate surface area is 106 Å². The van der Waals surface area contributed by atoms with E-state index in [1.807, 2.05) is 19.9 Å². The molecule has 1 rings (SSSR count). The van der Waals surface area contributed by atoms with Gasteiger partial charge in [-0.25, -0.2) is 4.39 Å². The molecule has 4 heteroatoms. The van der Waals surface area contributed by atoms with Crippen LogP contribution in [0.2, 0.25) is 0 Å². The maximum Gasteiger partial charge on any atom is 0.310 e. The Morgan fingerprint density at radius 3 is 2.67 bits per heavy atom. The van der Waals surface area contributed by atoms with E-state index in [9.17, 15) is 9.18 Å². The van der Waals surface area contributed by atoms with Crippen molar-refractivity contribution in [1.82, 2.24) is 0 Å². The van der Waals surface area contributed by atoms with Crippen LogP contribution < -0.4 is 0 Å². The summed E-state index contributed by atoms with van der Waals surface area (Å²) in [7, 11) is 0. The van der Waals surface area contributed by atoms with Crippen molar-refractivity contribution in [3.05, 3.63) is 34.6 Å². The Morgan fingerprint density at radius 2 is 2.17 bits per heavy atom. The van der Waals surface area contributed by atoms with Gasteiger partial charge in [-0.2, -0.15) is 5.26 Å². The van der Waals surface area contributed by atoms with Crippen molar-refractivity contribution >= 4 is 5.97 Å². The van der Waals surface area contributed by atoms with Gasteiger partial charge in [0.2, 0.25) is 0 Å². The van der Waals surface area contributed by atoms with Crippen LogP contribution in [0.15, 0.2) is 12.1 Å². The molecule has 0 saturated carbocycles. The fraction of sp³-hybridized carbons (Fsp3) is 0.429. The molecule has 0 unspecified atom stereocenters. The minimum Gasteiger partial charge on any atom is -0.466 e. The fourth-order valence-electron chi connectivity index (χ4n) is 1.69. The number of nitrogens with zero attached hydrogens (tertiary/aromatic N) is 1. The molecule has 0 amide bonds. The summed E-state index contributed by atoms with van der Waals surface area (Å²) in [6.45, 7) is 5.67. The van der Waals surface area contributed by atoms with E-state index in [4.69, 9.17) is 10.00 Å². The summed E-state index contributed by atoms with van der Waals surface area (Å²) in [4.78, 5) is 11.4. The van der Waals surface area contributed by atoms with Crippen LogP contribution in [0, 0.1) is 17.1 Å². The van der Waals surface area contributed by atoms with Gasteiger partial charge in [0.05, 0.1) is 24.7 Å². The number of benzene rings is 1. The van der Waals surface area contributed by atoms with Crippen LogP contribution in [0.1, 0.15) is 43.4 Å². The zero-order valence-corrected chi connectivity index (χ0v) is 10.8. The average molecular weight is 249 g/mol. The third-order valence-electron chi connectivity index (χ3n) is 2.61. The molecule has 0 bridgehead atoms. The molecule has 3 nitrogen and oxygen atoms in total. The summed E-state index contributed by atoms with van der Waals surface area (Å²) in [5.74, 6) is -0.845. The highest BCUT2D eigenvalue weighted by molar-refractivity contribution is 5.73. The van der Waals surface area contributed by atoms with Crippen LogP contribution in [0.25, 0.3) is 0 Å². The monoisotopic (exact) mass is 249 g/mol. The highest BCUT2D eigenvalue weighted by Gasteiger charge is 2.15. The van der Waals surface area contributed by atoms with Crippen molar-refractivity contribution < 1.29 is 13.9 Å². The standard InChI is InChI=1S/C14H16FNO2/c1-4-18-14(17)7-10-6-13(15)12(9(2)3)5-11(10)8-16/h5-6,9H,4,7H2,1-3H3. The maximum absolute atomic E-state index is 13.8. The summed E-state index contributed by atoms with van der Waals surface area (Å²) >= 11 is 0. The highest BCUT2D eigenvalue weighted by atomic mass is 19.1. The number of hydrogen-bond acceptors (Lipinski definition) is 3. The van der Waals surface area contributed by atoms with Gasteiger partial charge in [0.1, 0.15) is 5.82 Å². The van der Waals surface area contributed by atoms with E-state index in [1.54, 1.807) is 6.92 Å². The van der Waals surface area contributed by atoms with Crippen LogP contribution >= 0.6 is 0 Å². The van der Waals surface area contributed by atoms with Crippen molar-refractivity contribution in [3.63, 3.8) is 0 Å². The molecule has 0 spiro atoms. The smallest absolute Gasteiger partial charge is 0.310 e. The Hall–Kier alpha value is -1.89. The quantitative estimate of drug-likeness (QED) is 0.771. The molecule has 0 radical (unpaired) electrons. The summed E-state index contributed by atoms with van der Waals surface area (Å²) < 4.78 is 18.6. The van der Waals surface area contributed by atoms with Crippen molar-refractivity contribution in [2.75, 3.05) is 6.61 Å². The minimum absolute atomic E-state index is 0.00579. The zero-order valence-electron chi connectivity index (χ0n) is 10.8. The molecular formula is C14H16FNO2. The van der Waals surface area contributed by atoms with E-state index in [0.717, 1.165) is 0 Å². The van der Waals surface area contributed by atoms with Crippen molar-refractivity contribution in [2.45, 2.75) is 33.1 Å². The van der Waals surface area contributed by atoms with Gasteiger partial charge in [-0.1, -0.05) is 13.8 Å². The zero-order chi connectivity index (χ0) is 13.7. The molecular weight excluding hydrogens is 233 g/mol. The van der Waals surface area contributed by atoms with Gasteiger partial charge < -0.3 is 4.74 Å². The van der Waals surface area contributed by atoms with E-state index in [1.165, 1.54) is 12.1 Å². The first-order valence-corrected chi connectivity index (χ1v) is 5.87. The second-order valence-electron chi connectivity index (χ2n) is 4.28. The number of hydrogen-bond donors (Lipinski definition) is 0. The first-order valence-electron chi connectivity index (χ1n) is 5.87. The summed E-state index contributed by atoms with van der Waals surface area (Å²) in [6.07, 6.45) is -0.0774. The number of carbonyl (C=O) groups is 1. The lowest BCUT2D eigenvalue weighted by Gasteiger charge is -2.11. The molecule has 0 aliphatic rings. The van der Waals surface area contributed by atoms with Gasteiger partial charge in [-0.05, 0) is 36.1 Å². The first kappa shape index (κ1) is 14.2. The van der Waals surface area contributed by atoms with E-state index in [2.05, 4.69) is 0 Å². The molecule has 0 atom stereocenters. The van der Waals surface area contributed by atoms with Crippen LogP contribution in [0.3, 0.4) is 0 Å². The summed E-state index contributed by atoms with van der Waals surface area (Å²) in [5.41, 5.74) is 1.19. The molecule has 0 aromatic heterocycles. The van der Waals surface area contributed by atoms with Gasteiger partial charge in [-0.3, -0.25) is 4.79 Å². The molecule has 0 aliphatic heterocycles. The van der Waals surface area contributed by atoms with Crippen molar-refractivity contribution in [3.8, 4) is 6.07 Å². The van der Waals surface area contributed by atoms with Crippen molar-refractivity contribution in [1.29, 1.82) is 5.26 Å². The molecule has 0 aliphatic carbocycles. The number of carbonyl (C=O) groups excluding carboxylic acids is 1. The Bertz CT molecular complexity index is 489. The number of halogens is 1. The Balaban J connectivity index is 3.10. The van der Waals surface area contributed by atoms with Gasteiger partial charge in [0.15, 0.2) is 0 Å². The van der Waals surface area contributed by atoms with Gasteiger partial charge >= 0.3 is 5.97 Å².